The van der Waals surface area contributed by atoms with E-state index in [4.69, 9.17) is 15.7 Å². The monoisotopic (exact) mass is 510 g/mol. The number of nitrogens with two attached hydrogens (primary N) is 1. The van der Waals surface area contributed by atoms with Crippen molar-refractivity contribution in [1.29, 1.82) is 0 Å². The summed E-state index contributed by atoms with van der Waals surface area (Å²) in [5.74, 6) is 1.09. The number of hydrogen-bond acceptors (Lipinski definition) is 6. The predicted octanol–water partition coefficient (Wildman–Crippen LogP) is 3.63. The van der Waals surface area contributed by atoms with Gasteiger partial charge in [-0.3, -0.25) is 14.6 Å². The van der Waals surface area contributed by atoms with Crippen molar-refractivity contribution in [3.8, 4) is 0 Å². The minimum absolute atomic E-state index is 0.0532. The summed E-state index contributed by atoms with van der Waals surface area (Å²) in [6.07, 6.45) is 0. The lowest BCUT2D eigenvalue weighted by Gasteiger charge is -2.34. The van der Waals surface area contributed by atoms with E-state index >= 15 is 0 Å². The van der Waals surface area contributed by atoms with Gasteiger partial charge in [-0.05, 0) is 29.7 Å². The van der Waals surface area contributed by atoms with Gasteiger partial charge in [-0.2, -0.15) is 0 Å². The maximum Gasteiger partial charge on any atom is 0.240 e. The lowest BCUT2D eigenvalue weighted by atomic mass is 10.0. The third-order valence-electron chi connectivity index (χ3n) is 6.10. The molecule has 0 saturated carbocycles. The Kier molecular flexibility index (Phi) is 7.57. The molecule has 2 aromatic carbocycles. The molecule has 174 valence electrons. The summed E-state index contributed by atoms with van der Waals surface area (Å²) < 4.78 is 1.16. The summed E-state index contributed by atoms with van der Waals surface area (Å²) in [5, 5.41) is 4.18. The van der Waals surface area contributed by atoms with E-state index in [0.29, 0.717) is 12.4 Å². The first kappa shape index (κ1) is 23.6. The fourth-order valence-corrected chi connectivity index (χ4v) is 4.60. The average molecular weight is 511 g/mol. The van der Waals surface area contributed by atoms with E-state index in [-0.39, 0.29) is 11.8 Å². The molecule has 1 aliphatic rings. The number of carbonyl (C=O) groups is 1. The zero-order chi connectivity index (χ0) is 23.4. The van der Waals surface area contributed by atoms with Crippen molar-refractivity contribution in [3.63, 3.8) is 0 Å². The van der Waals surface area contributed by atoms with E-state index in [9.17, 15) is 4.79 Å². The molecule has 0 unspecified atom stereocenters. The molecule has 3 N–H and O–H groups in total. The van der Waals surface area contributed by atoms with Crippen molar-refractivity contribution in [2.24, 2.45) is 11.7 Å². The summed E-state index contributed by atoms with van der Waals surface area (Å²) in [5.41, 5.74) is 7.81. The Hall–Kier alpha value is -2.55. The lowest BCUT2D eigenvalue weighted by Crippen LogP contribution is -2.45. The summed E-state index contributed by atoms with van der Waals surface area (Å²) >= 11 is 3.65. The van der Waals surface area contributed by atoms with Gasteiger partial charge in [0.15, 0.2) is 0 Å². The van der Waals surface area contributed by atoms with Crippen LogP contribution in [0, 0.1) is 5.92 Å². The maximum atomic E-state index is 12.0. The quantitative estimate of drug-likeness (QED) is 0.481. The number of amides is 1. The van der Waals surface area contributed by atoms with Crippen LogP contribution in [0.5, 0.6) is 0 Å². The van der Waals surface area contributed by atoms with Gasteiger partial charge >= 0.3 is 0 Å². The van der Waals surface area contributed by atoms with Crippen LogP contribution in [0.25, 0.3) is 10.9 Å². The first-order chi connectivity index (χ1) is 15.9. The minimum atomic E-state index is -0.489. The van der Waals surface area contributed by atoms with Crippen LogP contribution in [0.15, 0.2) is 53.0 Å². The number of piperazine rings is 1. The highest BCUT2D eigenvalue weighted by Crippen LogP contribution is 2.23. The number of anilines is 1. The number of hydrogen-bond donors (Lipinski definition) is 2. The van der Waals surface area contributed by atoms with Gasteiger partial charge in [-0.1, -0.05) is 60.1 Å². The molecule has 0 aliphatic carbocycles. The molecule has 1 fully saturated rings. The minimum Gasteiger partial charge on any atom is -0.368 e. The largest absolute Gasteiger partial charge is 0.368 e. The van der Waals surface area contributed by atoms with Crippen molar-refractivity contribution in [3.05, 3.63) is 64.4 Å². The maximum absolute atomic E-state index is 12.0. The number of nitrogens with zero attached hydrogens (tertiary/aromatic N) is 4. The van der Waals surface area contributed by atoms with E-state index in [1.54, 1.807) is 0 Å². The van der Waals surface area contributed by atoms with Gasteiger partial charge in [0, 0.05) is 42.6 Å². The number of halogens is 1. The number of para-hydroxylation sites is 1. The highest BCUT2D eigenvalue weighted by molar-refractivity contribution is 9.10. The third kappa shape index (κ3) is 5.88. The number of primary amides is 1. The van der Waals surface area contributed by atoms with Gasteiger partial charge in [0.05, 0.1) is 12.1 Å². The number of benzene rings is 2. The summed E-state index contributed by atoms with van der Waals surface area (Å²) in [6.45, 7) is 9.47. The van der Waals surface area contributed by atoms with Crippen molar-refractivity contribution in [2.45, 2.75) is 33.0 Å². The van der Waals surface area contributed by atoms with E-state index in [2.05, 4.69) is 49.2 Å². The zero-order valence-electron chi connectivity index (χ0n) is 19.2. The Labute approximate surface area is 203 Å². The Morgan fingerprint density at radius 1 is 1.00 bits per heavy atom. The van der Waals surface area contributed by atoms with Crippen LogP contribution in [-0.4, -0.2) is 57.9 Å². The van der Waals surface area contributed by atoms with Crippen LogP contribution in [-0.2, 0) is 17.9 Å². The summed E-state index contributed by atoms with van der Waals surface area (Å²) in [7, 11) is 0. The fourth-order valence-electron chi connectivity index (χ4n) is 4.19. The number of aromatic nitrogens is 2. The van der Waals surface area contributed by atoms with Crippen molar-refractivity contribution < 1.29 is 4.79 Å². The highest BCUT2D eigenvalue weighted by atomic mass is 79.9. The molecular weight excluding hydrogens is 480 g/mol. The molecule has 1 aliphatic heterocycles. The molecule has 1 saturated heterocycles. The van der Waals surface area contributed by atoms with Gasteiger partial charge in [-0.15, -0.1) is 0 Å². The van der Waals surface area contributed by atoms with Crippen LogP contribution in [0.1, 0.15) is 25.2 Å². The van der Waals surface area contributed by atoms with Gasteiger partial charge in [0.1, 0.15) is 17.7 Å². The number of carbonyl (C=O) groups excluding carboxylic acids is 1. The Morgan fingerprint density at radius 2 is 1.64 bits per heavy atom. The molecule has 33 heavy (non-hydrogen) atoms. The van der Waals surface area contributed by atoms with Gasteiger partial charge in [0.25, 0.3) is 0 Å². The Morgan fingerprint density at radius 3 is 2.30 bits per heavy atom. The molecule has 3 aromatic rings. The van der Waals surface area contributed by atoms with Crippen LogP contribution in [0.2, 0.25) is 0 Å². The van der Waals surface area contributed by atoms with E-state index in [1.807, 2.05) is 44.2 Å². The van der Waals surface area contributed by atoms with Gasteiger partial charge in [-0.25, -0.2) is 9.97 Å². The number of nitrogens with one attached hydrogen (secondary N) is 1. The first-order valence-corrected chi connectivity index (χ1v) is 12.2. The number of rotatable bonds is 8. The predicted molar refractivity (Wildman–Crippen MR) is 136 cm³/mol. The van der Waals surface area contributed by atoms with Crippen molar-refractivity contribution in [2.75, 3.05) is 31.5 Å². The van der Waals surface area contributed by atoms with E-state index < -0.39 is 6.04 Å². The SMILES string of the molecule is CC(C)[C@H](Nc1nc(CN2CCN(Cc3ccccc3Br)CC2)nc2ccccc12)C(N)=O. The molecule has 0 radical (unpaired) electrons. The van der Waals surface area contributed by atoms with Gasteiger partial charge in [0.2, 0.25) is 5.91 Å². The second-order valence-corrected chi connectivity index (χ2v) is 9.77. The Bertz CT molecular complexity index is 1110. The molecule has 4 rings (SSSR count). The lowest BCUT2D eigenvalue weighted by molar-refractivity contribution is -0.119. The van der Waals surface area contributed by atoms with E-state index in [0.717, 1.165) is 53.9 Å². The first-order valence-electron chi connectivity index (χ1n) is 11.4. The average Bonchev–Trinajstić information content (AvgIpc) is 2.79. The zero-order valence-corrected chi connectivity index (χ0v) is 20.8. The molecular formula is C25H31BrN6O. The third-order valence-corrected chi connectivity index (χ3v) is 6.87. The normalized spacial score (nSPS) is 16.2. The van der Waals surface area contributed by atoms with Crippen molar-refractivity contribution in [1.82, 2.24) is 19.8 Å². The topological polar surface area (TPSA) is 87.4 Å². The molecule has 8 heteroatoms. The smallest absolute Gasteiger partial charge is 0.240 e. The van der Waals surface area contributed by atoms with Crippen LogP contribution in [0.4, 0.5) is 5.82 Å². The van der Waals surface area contributed by atoms with Gasteiger partial charge < -0.3 is 11.1 Å². The molecule has 0 bridgehead atoms. The van der Waals surface area contributed by atoms with Crippen LogP contribution < -0.4 is 11.1 Å². The molecule has 1 aromatic heterocycles. The molecule has 1 amide bonds. The molecule has 0 spiro atoms. The second-order valence-electron chi connectivity index (χ2n) is 8.92. The standard InChI is InChI=1S/C25H31BrN6O/c1-17(2)23(24(27)33)30-25-19-8-4-6-10-21(19)28-22(29-25)16-32-13-11-31(12-14-32)15-18-7-3-5-9-20(18)26/h3-10,17,23H,11-16H2,1-2H3,(H2,27,33)(H,28,29,30)/t23-/m0/s1. The molecule has 7 nitrogen and oxygen atoms in total. The summed E-state index contributed by atoms with van der Waals surface area (Å²) in [6, 6.07) is 15.8. The fraction of sp³-hybridized carbons (Fsp3) is 0.400. The van der Waals surface area contributed by atoms with Crippen LogP contribution >= 0.6 is 15.9 Å². The molecule has 2 heterocycles. The second kappa shape index (κ2) is 10.6. The highest BCUT2D eigenvalue weighted by Gasteiger charge is 2.23. The summed E-state index contributed by atoms with van der Waals surface area (Å²) in [4.78, 5) is 26.4. The molecule has 1 atom stereocenters. The van der Waals surface area contributed by atoms with Crippen LogP contribution in [0.3, 0.4) is 0 Å². The number of fused-ring (bicyclic) bond motifs is 1. The van der Waals surface area contributed by atoms with E-state index in [1.165, 1.54) is 5.56 Å². The Balaban J connectivity index is 1.46. The van der Waals surface area contributed by atoms with Crippen molar-refractivity contribution >= 4 is 38.6 Å².